The van der Waals surface area contributed by atoms with Gasteiger partial charge >= 0.3 is 5.97 Å². The van der Waals surface area contributed by atoms with Gasteiger partial charge in [0, 0.05) is 4.90 Å². The van der Waals surface area contributed by atoms with E-state index in [4.69, 9.17) is 4.74 Å². The first kappa shape index (κ1) is 19.8. The number of halogens is 4. The molecule has 2 aromatic rings. The van der Waals surface area contributed by atoms with Crippen molar-refractivity contribution in [3.8, 4) is 0 Å². The molecule has 138 valence electrons. The Hall–Kier alpha value is -2.55. The molecule has 2 rings (SSSR count). The Morgan fingerprint density at radius 3 is 2.27 bits per heavy atom. The van der Waals surface area contributed by atoms with Crippen molar-refractivity contribution in [2.45, 2.75) is 23.7 Å². The molecule has 0 saturated heterocycles. The number of esters is 1. The lowest BCUT2D eigenvalue weighted by Crippen LogP contribution is -2.30. The monoisotopic (exact) mass is 387 g/mol. The van der Waals surface area contributed by atoms with Crippen LogP contribution in [-0.4, -0.2) is 23.7 Å². The summed E-state index contributed by atoms with van der Waals surface area (Å²) in [6.07, 6.45) is -1.41. The Morgan fingerprint density at radius 1 is 1.04 bits per heavy atom. The second-order valence-electron chi connectivity index (χ2n) is 5.01. The molecule has 1 unspecified atom stereocenters. The third kappa shape index (κ3) is 4.98. The Balaban J connectivity index is 2.08. The van der Waals surface area contributed by atoms with Crippen LogP contribution in [0.25, 0.3) is 0 Å². The van der Waals surface area contributed by atoms with Crippen LogP contribution >= 0.6 is 11.8 Å². The van der Waals surface area contributed by atoms with Crippen LogP contribution in [0.1, 0.15) is 17.3 Å². The van der Waals surface area contributed by atoms with Crippen molar-refractivity contribution in [3.05, 3.63) is 59.7 Å². The summed E-state index contributed by atoms with van der Waals surface area (Å²) in [5.74, 6) is -6.70. The van der Waals surface area contributed by atoms with Crippen molar-refractivity contribution < 1.29 is 31.9 Å². The van der Waals surface area contributed by atoms with Gasteiger partial charge in [0.25, 0.3) is 11.7 Å². The summed E-state index contributed by atoms with van der Waals surface area (Å²) in [7, 11) is 0. The summed E-state index contributed by atoms with van der Waals surface area (Å²) in [6, 6.07) is 8.53. The van der Waals surface area contributed by atoms with Crippen molar-refractivity contribution in [1.29, 1.82) is 0 Å². The highest BCUT2D eigenvalue weighted by atomic mass is 32.2. The molecule has 0 aromatic heterocycles. The molecule has 0 saturated carbocycles. The summed E-state index contributed by atoms with van der Waals surface area (Å²) in [5, 5.41) is 1.99. The highest BCUT2D eigenvalue weighted by Crippen LogP contribution is 2.29. The lowest BCUT2D eigenvalue weighted by Gasteiger charge is -2.15. The van der Waals surface area contributed by atoms with Gasteiger partial charge in [0.05, 0.1) is 5.56 Å². The zero-order valence-electron chi connectivity index (χ0n) is 13.3. The van der Waals surface area contributed by atoms with Gasteiger partial charge in [0.1, 0.15) is 17.3 Å². The topological polar surface area (TPSA) is 55.4 Å². The van der Waals surface area contributed by atoms with Gasteiger partial charge in [-0.25, -0.2) is 13.6 Å². The number of nitrogens with one attached hydrogen (secondary N) is 1. The van der Waals surface area contributed by atoms with Gasteiger partial charge in [-0.1, -0.05) is 30.0 Å². The fourth-order valence-corrected chi connectivity index (χ4v) is 2.58. The number of ether oxygens (including phenoxy) is 1. The Kier molecular flexibility index (Phi) is 6.62. The first-order valence-corrected chi connectivity index (χ1v) is 8.17. The molecule has 1 atom stereocenters. The average molecular weight is 387 g/mol. The fraction of sp³-hybridized carbons (Fsp3) is 0.176. The van der Waals surface area contributed by atoms with E-state index in [1.807, 2.05) is 5.32 Å². The van der Waals surface area contributed by atoms with E-state index in [9.17, 15) is 27.2 Å². The van der Waals surface area contributed by atoms with Crippen molar-refractivity contribution in [2.24, 2.45) is 0 Å². The van der Waals surface area contributed by atoms with Crippen LogP contribution in [-0.2, 0) is 9.53 Å². The van der Waals surface area contributed by atoms with Crippen LogP contribution in [0.2, 0.25) is 0 Å². The van der Waals surface area contributed by atoms with E-state index in [0.29, 0.717) is 0 Å². The first-order chi connectivity index (χ1) is 12.3. The molecule has 0 aliphatic heterocycles. The lowest BCUT2D eigenvalue weighted by atomic mass is 10.2. The standard InChI is InChI=1S/C17H13F4NO3S/c1-9(15(23)22-14-11(18)6-4-7-12(14)19)25-16(24)10-5-2-3-8-13(10)26-17(20)21/h2-9,17H,1H3,(H,22,23). The predicted molar refractivity (Wildman–Crippen MR) is 88.2 cm³/mol. The van der Waals surface area contributed by atoms with Gasteiger partial charge in [-0.2, -0.15) is 8.78 Å². The fourth-order valence-electron chi connectivity index (χ4n) is 1.95. The molecule has 0 spiro atoms. The maximum absolute atomic E-state index is 13.5. The average Bonchev–Trinajstić information content (AvgIpc) is 2.58. The van der Waals surface area contributed by atoms with Gasteiger partial charge in [0.2, 0.25) is 0 Å². The highest BCUT2D eigenvalue weighted by molar-refractivity contribution is 7.99. The van der Waals surface area contributed by atoms with Crippen LogP contribution in [0.15, 0.2) is 47.4 Å². The molecule has 26 heavy (non-hydrogen) atoms. The predicted octanol–water partition coefficient (Wildman–Crippen LogP) is 4.46. The quantitative estimate of drug-likeness (QED) is 0.452. The smallest absolute Gasteiger partial charge is 0.340 e. The summed E-state index contributed by atoms with van der Waals surface area (Å²) >= 11 is 0.162. The third-order valence-electron chi connectivity index (χ3n) is 3.19. The molecule has 0 fully saturated rings. The van der Waals surface area contributed by atoms with E-state index in [0.717, 1.165) is 18.2 Å². The molecule has 9 heteroatoms. The second-order valence-corrected chi connectivity index (χ2v) is 6.04. The van der Waals surface area contributed by atoms with Gasteiger partial charge in [-0.05, 0) is 31.2 Å². The molecular weight excluding hydrogens is 374 g/mol. The number of amides is 1. The van der Waals surface area contributed by atoms with E-state index in [2.05, 4.69) is 0 Å². The van der Waals surface area contributed by atoms with Crippen molar-refractivity contribution >= 4 is 29.3 Å². The highest BCUT2D eigenvalue weighted by Gasteiger charge is 2.23. The number of hydrogen-bond donors (Lipinski definition) is 1. The van der Waals surface area contributed by atoms with Crippen LogP contribution in [0.5, 0.6) is 0 Å². The number of carbonyl (C=O) groups excluding carboxylic acids is 2. The van der Waals surface area contributed by atoms with Gasteiger partial charge < -0.3 is 10.1 Å². The molecule has 0 aliphatic carbocycles. The van der Waals surface area contributed by atoms with Crippen molar-refractivity contribution in [1.82, 2.24) is 0 Å². The lowest BCUT2D eigenvalue weighted by molar-refractivity contribution is -0.123. The first-order valence-electron chi connectivity index (χ1n) is 7.29. The van der Waals surface area contributed by atoms with E-state index in [-0.39, 0.29) is 22.2 Å². The number of thioether (sulfide) groups is 1. The van der Waals surface area contributed by atoms with E-state index in [1.165, 1.54) is 31.2 Å². The zero-order valence-corrected chi connectivity index (χ0v) is 14.2. The molecular formula is C17H13F4NO3S. The number of alkyl halides is 2. The van der Waals surface area contributed by atoms with E-state index >= 15 is 0 Å². The number of rotatable bonds is 6. The largest absolute Gasteiger partial charge is 0.449 e. The Bertz CT molecular complexity index is 796. The summed E-state index contributed by atoms with van der Waals surface area (Å²) in [5.41, 5.74) is -0.816. The minimum absolute atomic E-state index is 0.0137. The molecule has 0 bridgehead atoms. The van der Waals surface area contributed by atoms with Crippen molar-refractivity contribution in [3.63, 3.8) is 0 Å². The Morgan fingerprint density at radius 2 is 1.65 bits per heavy atom. The molecule has 2 aromatic carbocycles. The number of benzene rings is 2. The number of para-hydroxylation sites is 1. The number of anilines is 1. The molecule has 1 amide bonds. The van der Waals surface area contributed by atoms with E-state index in [1.54, 1.807) is 0 Å². The van der Waals surface area contributed by atoms with Crippen LogP contribution in [0.4, 0.5) is 23.2 Å². The van der Waals surface area contributed by atoms with Gasteiger partial charge in [-0.15, -0.1) is 0 Å². The Labute approximate surface area is 150 Å². The SMILES string of the molecule is CC(OC(=O)c1ccccc1SC(F)F)C(=O)Nc1c(F)cccc1F. The molecule has 0 aliphatic rings. The van der Waals surface area contributed by atoms with Gasteiger partial charge in [0.15, 0.2) is 6.10 Å². The van der Waals surface area contributed by atoms with Crippen LogP contribution < -0.4 is 5.32 Å². The number of carbonyl (C=O) groups is 2. The minimum atomic E-state index is -2.74. The molecule has 0 heterocycles. The summed E-state index contributed by atoms with van der Waals surface area (Å²) < 4.78 is 57.1. The molecule has 0 radical (unpaired) electrons. The maximum Gasteiger partial charge on any atom is 0.340 e. The third-order valence-corrected chi connectivity index (χ3v) is 3.98. The number of hydrogen-bond acceptors (Lipinski definition) is 4. The molecule has 1 N–H and O–H groups in total. The zero-order chi connectivity index (χ0) is 19.3. The second kappa shape index (κ2) is 8.70. The summed E-state index contributed by atoms with van der Waals surface area (Å²) in [4.78, 5) is 24.1. The normalized spacial score (nSPS) is 11.9. The molecule has 4 nitrogen and oxygen atoms in total. The minimum Gasteiger partial charge on any atom is -0.449 e. The van der Waals surface area contributed by atoms with E-state index < -0.39 is 41.1 Å². The van der Waals surface area contributed by atoms with Crippen LogP contribution in [0, 0.1) is 11.6 Å². The maximum atomic E-state index is 13.5. The summed E-state index contributed by atoms with van der Waals surface area (Å²) in [6.45, 7) is 1.19. The van der Waals surface area contributed by atoms with Crippen molar-refractivity contribution in [2.75, 3.05) is 5.32 Å². The van der Waals surface area contributed by atoms with Gasteiger partial charge in [-0.3, -0.25) is 4.79 Å². The van der Waals surface area contributed by atoms with Crippen LogP contribution in [0.3, 0.4) is 0 Å².